The van der Waals surface area contributed by atoms with Crippen LogP contribution in [0.15, 0.2) is 36.4 Å². The van der Waals surface area contributed by atoms with Crippen molar-refractivity contribution in [3.05, 3.63) is 64.2 Å². The minimum Gasteiger partial charge on any atom is -0.380 e. The van der Waals surface area contributed by atoms with Gasteiger partial charge in [-0.1, -0.05) is 23.7 Å². The Hall–Kier alpha value is -1.61. The second-order valence-electron chi connectivity index (χ2n) is 5.65. The number of rotatable bonds is 3. The third-order valence-corrected chi connectivity index (χ3v) is 4.30. The molecule has 0 radical (unpaired) electrons. The Morgan fingerprint density at radius 2 is 1.86 bits per heavy atom. The van der Waals surface area contributed by atoms with Crippen LogP contribution in [0.25, 0.3) is 0 Å². The molecule has 0 heterocycles. The summed E-state index contributed by atoms with van der Waals surface area (Å²) < 4.78 is 27.3. The van der Waals surface area contributed by atoms with E-state index in [1.165, 1.54) is 17.7 Å². The zero-order chi connectivity index (χ0) is 15.0. The zero-order valence-corrected chi connectivity index (χ0v) is 12.4. The molecule has 0 amide bonds. The van der Waals surface area contributed by atoms with Crippen LogP contribution in [-0.2, 0) is 0 Å². The SMILES string of the molecule is Cc1cc(F)c(NC2CC(c3cccc(Cl)c3)C2)cc1F. The molecule has 0 bridgehead atoms. The van der Waals surface area contributed by atoms with Gasteiger partial charge >= 0.3 is 0 Å². The molecule has 110 valence electrons. The first-order valence-electron chi connectivity index (χ1n) is 7.00. The summed E-state index contributed by atoms with van der Waals surface area (Å²) in [6.45, 7) is 1.56. The van der Waals surface area contributed by atoms with Gasteiger partial charge in [0.1, 0.15) is 11.6 Å². The lowest BCUT2D eigenvalue weighted by Crippen LogP contribution is -2.34. The van der Waals surface area contributed by atoms with Crippen molar-refractivity contribution in [3.8, 4) is 0 Å². The molecular weight excluding hydrogens is 292 g/mol. The van der Waals surface area contributed by atoms with Gasteiger partial charge in [-0.3, -0.25) is 0 Å². The Bertz CT molecular complexity index is 666. The molecule has 1 saturated carbocycles. The van der Waals surface area contributed by atoms with E-state index in [0.29, 0.717) is 11.5 Å². The van der Waals surface area contributed by atoms with Gasteiger partial charge in [0.15, 0.2) is 0 Å². The first-order valence-corrected chi connectivity index (χ1v) is 7.38. The van der Waals surface area contributed by atoms with E-state index >= 15 is 0 Å². The smallest absolute Gasteiger partial charge is 0.146 e. The molecule has 0 aliphatic heterocycles. The highest BCUT2D eigenvalue weighted by atomic mass is 35.5. The van der Waals surface area contributed by atoms with Crippen molar-refractivity contribution in [2.45, 2.75) is 31.7 Å². The molecule has 0 unspecified atom stereocenters. The molecule has 2 aromatic rings. The molecule has 2 aromatic carbocycles. The van der Waals surface area contributed by atoms with Crippen LogP contribution in [-0.4, -0.2) is 6.04 Å². The summed E-state index contributed by atoms with van der Waals surface area (Å²) in [4.78, 5) is 0. The standard InChI is InChI=1S/C17H16ClF2N/c1-10-5-16(20)17(9-15(10)19)21-14-7-12(8-14)11-3-2-4-13(18)6-11/h2-6,9,12,14,21H,7-8H2,1H3. The third kappa shape index (κ3) is 3.03. The maximum atomic E-state index is 13.8. The first-order chi connectivity index (χ1) is 10.0. The van der Waals surface area contributed by atoms with Crippen LogP contribution in [0.3, 0.4) is 0 Å². The van der Waals surface area contributed by atoms with E-state index in [0.717, 1.165) is 17.9 Å². The van der Waals surface area contributed by atoms with Gasteiger partial charge in [-0.05, 0) is 55.0 Å². The molecule has 3 rings (SSSR count). The Morgan fingerprint density at radius 3 is 2.57 bits per heavy atom. The van der Waals surface area contributed by atoms with Gasteiger partial charge in [-0.2, -0.15) is 0 Å². The molecule has 1 aliphatic rings. The average Bonchev–Trinajstić information content (AvgIpc) is 2.39. The van der Waals surface area contributed by atoms with E-state index in [4.69, 9.17) is 11.6 Å². The van der Waals surface area contributed by atoms with Crippen molar-refractivity contribution in [3.63, 3.8) is 0 Å². The summed E-state index contributed by atoms with van der Waals surface area (Å²) >= 11 is 5.98. The van der Waals surface area contributed by atoms with Gasteiger partial charge < -0.3 is 5.32 Å². The van der Waals surface area contributed by atoms with Crippen LogP contribution in [0.1, 0.15) is 29.9 Å². The normalized spacial score (nSPS) is 21.0. The fourth-order valence-electron chi connectivity index (χ4n) is 2.75. The van der Waals surface area contributed by atoms with Crippen molar-refractivity contribution in [2.24, 2.45) is 0 Å². The van der Waals surface area contributed by atoms with Crippen LogP contribution >= 0.6 is 11.6 Å². The molecule has 1 nitrogen and oxygen atoms in total. The van der Waals surface area contributed by atoms with E-state index < -0.39 is 5.82 Å². The summed E-state index contributed by atoms with van der Waals surface area (Å²) in [5.74, 6) is -0.357. The van der Waals surface area contributed by atoms with Crippen LogP contribution in [0.5, 0.6) is 0 Å². The van der Waals surface area contributed by atoms with Gasteiger partial charge in [0.25, 0.3) is 0 Å². The fraction of sp³-hybridized carbons (Fsp3) is 0.294. The van der Waals surface area contributed by atoms with Crippen LogP contribution in [0, 0.1) is 18.6 Å². The van der Waals surface area contributed by atoms with Crippen molar-refractivity contribution in [1.82, 2.24) is 0 Å². The Kier molecular flexibility index (Phi) is 3.85. The van der Waals surface area contributed by atoms with Gasteiger partial charge in [0, 0.05) is 17.1 Å². The van der Waals surface area contributed by atoms with Crippen LogP contribution < -0.4 is 5.32 Å². The van der Waals surface area contributed by atoms with Gasteiger partial charge in [-0.25, -0.2) is 8.78 Å². The number of nitrogens with one attached hydrogen (secondary N) is 1. The van der Waals surface area contributed by atoms with E-state index in [1.54, 1.807) is 6.92 Å². The summed E-state index contributed by atoms with van der Waals surface area (Å²) in [5, 5.41) is 3.81. The molecule has 1 fully saturated rings. The second-order valence-corrected chi connectivity index (χ2v) is 6.08. The third-order valence-electron chi connectivity index (χ3n) is 4.07. The summed E-state index contributed by atoms with van der Waals surface area (Å²) in [6.07, 6.45) is 1.80. The van der Waals surface area contributed by atoms with E-state index in [2.05, 4.69) is 11.4 Å². The van der Waals surface area contributed by atoms with E-state index in [9.17, 15) is 8.78 Å². The number of aryl methyl sites for hydroxylation is 1. The predicted molar refractivity (Wildman–Crippen MR) is 81.9 cm³/mol. The van der Waals surface area contributed by atoms with Gasteiger partial charge in [0.2, 0.25) is 0 Å². The molecule has 21 heavy (non-hydrogen) atoms. The lowest BCUT2D eigenvalue weighted by atomic mass is 9.76. The monoisotopic (exact) mass is 307 g/mol. The highest BCUT2D eigenvalue weighted by Crippen LogP contribution is 2.39. The molecule has 0 aromatic heterocycles. The molecule has 4 heteroatoms. The summed E-state index contributed by atoms with van der Waals surface area (Å²) in [5.41, 5.74) is 1.77. The predicted octanol–water partition coefficient (Wildman–Crippen LogP) is 5.28. The first kappa shape index (κ1) is 14.3. The average molecular weight is 308 g/mol. The Labute approximate surface area is 127 Å². The molecule has 0 saturated heterocycles. The maximum Gasteiger partial charge on any atom is 0.146 e. The van der Waals surface area contributed by atoms with Gasteiger partial charge in [-0.15, -0.1) is 0 Å². The number of anilines is 1. The number of halogens is 3. The minimum absolute atomic E-state index is 0.172. The van der Waals surface area contributed by atoms with Crippen LogP contribution in [0.4, 0.5) is 14.5 Å². The van der Waals surface area contributed by atoms with Gasteiger partial charge in [0.05, 0.1) is 5.69 Å². The van der Waals surface area contributed by atoms with E-state index in [-0.39, 0.29) is 17.5 Å². The second kappa shape index (κ2) is 5.64. The molecular formula is C17H16ClF2N. The number of benzene rings is 2. The number of hydrogen-bond donors (Lipinski definition) is 1. The minimum atomic E-state index is -0.403. The topological polar surface area (TPSA) is 12.0 Å². The van der Waals surface area contributed by atoms with Crippen molar-refractivity contribution < 1.29 is 8.78 Å². The summed E-state index contributed by atoms with van der Waals surface area (Å²) in [7, 11) is 0. The fourth-order valence-corrected chi connectivity index (χ4v) is 2.94. The highest BCUT2D eigenvalue weighted by molar-refractivity contribution is 6.30. The Balaban J connectivity index is 1.64. The molecule has 0 spiro atoms. The molecule has 1 aliphatic carbocycles. The lowest BCUT2D eigenvalue weighted by molar-refractivity contribution is 0.372. The quantitative estimate of drug-likeness (QED) is 0.813. The largest absolute Gasteiger partial charge is 0.380 e. The van der Waals surface area contributed by atoms with E-state index in [1.807, 2.05) is 18.2 Å². The number of hydrogen-bond acceptors (Lipinski definition) is 1. The highest BCUT2D eigenvalue weighted by Gasteiger charge is 2.30. The zero-order valence-electron chi connectivity index (χ0n) is 11.7. The maximum absolute atomic E-state index is 13.8. The van der Waals surface area contributed by atoms with Crippen molar-refractivity contribution in [1.29, 1.82) is 0 Å². The molecule has 0 atom stereocenters. The summed E-state index contributed by atoms with van der Waals surface area (Å²) in [6, 6.07) is 10.4. The lowest BCUT2D eigenvalue weighted by Gasteiger charge is -2.37. The van der Waals surface area contributed by atoms with Crippen LogP contribution in [0.2, 0.25) is 5.02 Å². The Morgan fingerprint density at radius 1 is 1.10 bits per heavy atom. The van der Waals surface area contributed by atoms with Crippen molar-refractivity contribution in [2.75, 3.05) is 5.32 Å². The molecule has 1 N–H and O–H groups in total. The van der Waals surface area contributed by atoms with Crippen molar-refractivity contribution >= 4 is 17.3 Å².